The van der Waals surface area contributed by atoms with E-state index < -0.39 is 8.56 Å². The van der Waals surface area contributed by atoms with E-state index in [1.165, 1.54) is 13.0 Å². The second kappa shape index (κ2) is 4.42. The van der Waals surface area contributed by atoms with Crippen LogP contribution in [0, 0.1) is 0 Å². The van der Waals surface area contributed by atoms with Crippen LogP contribution >= 0.6 is 0 Å². The summed E-state index contributed by atoms with van der Waals surface area (Å²) >= 11 is 0. The minimum atomic E-state index is -2.03. The molecule has 0 unspecified atom stereocenters. The zero-order valence-electron chi connectivity index (χ0n) is 8.30. The van der Waals surface area contributed by atoms with Gasteiger partial charge >= 0.3 is 8.56 Å². The lowest BCUT2D eigenvalue weighted by molar-refractivity contribution is -0.112. The first-order chi connectivity index (χ1) is 5.37. The Morgan fingerprint density at radius 1 is 1.33 bits per heavy atom. The van der Waals surface area contributed by atoms with Gasteiger partial charge in [0.2, 0.25) is 0 Å². The summed E-state index contributed by atoms with van der Waals surface area (Å²) in [5.74, 6) is 0.620. The molecule has 0 spiro atoms. The van der Waals surface area contributed by atoms with Gasteiger partial charge in [0, 0.05) is 13.2 Å². The van der Waals surface area contributed by atoms with Crippen LogP contribution in [0.2, 0.25) is 13.1 Å². The summed E-state index contributed by atoms with van der Waals surface area (Å²) in [6, 6.07) is 0. The highest BCUT2D eigenvalue weighted by Gasteiger charge is 2.24. The standard InChI is InChI=1S/C8H16O3Si/c1-7(9)6-8(2)11-12(4,5)10-3/h6H,1-5H3. The van der Waals surface area contributed by atoms with E-state index in [2.05, 4.69) is 0 Å². The summed E-state index contributed by atoms with van der Waals surface area (Å²) in [5.41, 5.74) is 0. The Labute approximate surface area is 74.6 Å². The molecule has 0 saturated heterocycles. The average Bonchev–Trinajstić information content (AvgIpc) is 1.84. The number of rotatable bonds is 4. The van der Waals surface area contributed by atoms with Crippen LogP contribution in [0.4, 0.5) is 0 Å². The molecule has 0 radical (unpaired) electrons. The molecule has 0 aromatic rings. The number of carbonyl (C=O) groups is 1. The SMILES string of the molecule is CO[Si](C)(C)OC(C)=CC(C)=O. The zero-order chi connectivity index (χ0) is 9.78. The Morgan fingerprint density at radius 3 is 2.17 bits per heavy atom. The lowest BCUT2D eigenvalue weighted by Gasteiger charge is -2.21. The first kappa shape index (κ1) is 11.4. The van der Waals surface area contributed by atoms with Crippen molar-refractivity contribution in [3.8, 4) is 0 Å². The molecule has 70 valence electrons. The Kier molecular flexibility index (Phi) is 4.20. The fourth-order valence-electron chi connectivity index (χ4n) is 0.745. The van der Waals surface area contributed by atoms with Gasteiger partial charge in [-0.15, -0.1) is 0 Å². The summed E-state index contributed by atoms with van der Waals surface area (Å²) in [6.07, 6.45) is 1.47. The van der Waals surface area contributed by atoms with Crippen LogP contribution in [0.1, 0.15) is 13.8 Å². The summed E-state index contributed by atoms with van der Waals surface area (Å²) < 4.78 is 10.6. The van der Waals surface area contributed by atoms with Crippen molar-refractivity contribution < 1.29 is 13.6 Å². The minimum Gasteiger partial charge on any atom is -0.524 e. The van der Waals surface area contributed by atoms with E-state index in [-0.39, 0.29) is 5.78 Å². The van der Waals surface area contributed by atoms with Crippen LogP contribution in [0.25, 0.3) is 0 Å². The number of ketones is 1. The Balaban J connectivity index is 4.17. The van der Waals surface area contributed by atoms with Crippen LogP contribution in [0.15, 0.2) is 11.8 Å². The molecule has 0 rings (SSSR count). The highest BCUT2D eigenvalue weighted by atomic mass is 28.4. The molecular weight excluding hydrogens is 172 g/mol. The summed E-state index contributed by atoms with van der Waals surface area (Å²) in [4.78, 5) is 10.6. The van der Waals surface area contributed by atoms with E-state index in [9.17, 15) is 4.79 Å². The van der Waals surface area contributed by atoms with Gasteiger partial charge in [-0.05, 0) is 26.9 Å². The fraction of sp³-hybridized carbons (Fsp3) is 0.625. The molecule has 0 N–H and O–H groups in total. The average molecular weight is 188 g/mol. The summed E-state index contributed by atoms with van der Waals surface area (Å²) in [5, 5.41) is 0. The molecule has 0 aromatic carbocycles. The number of allylic oxidation sites excluding steroid dienone is 2. The number of hydrogen-bond donors (Lipinski definition) is 0. The highest BCUT2D eigenvalue weighted by Crippen LogP contribution is 2.10. The van der Waals surface area contributed by atoms with E-state index in [0.717, 1.165) is 0 Å². The summed E-state index contributed by atoms with van der Waals surface area (Å²) in [7, 11) is -0.409. The van der Waals surface area contributed by atoms with Crippen molar-refractivity contribution in [2.24, 2.45) is 0 Å². The predicted molar refractivity (Wildman–Crippen MR) is 50.0 cm³/mol. The lowest BCUT2D eigenvalue weighted by Crippen LogP contribution is -2.32. The first-order valence-electron chi connectivity index (χ1n) is 3.80. The number of carbonyl (C=O) groups excluding carboxylic acids is 1. The molecule has 0 bridgehead atoms. The molecule has 0 aliphatic heterocycles. The van der Waals surface area contributed by atoms with Gasteiger partial charge in [-0.3, -0.25) is 4.79 Å². The predicted octanol–water partition coefficient (Wildman–Crippen LogP) is 1.84. The van der Waals surface area contributed by atoms with E-state index in [1.54, 1.807) is 14.0 Å². The van der Waals surface area contributed by atoms with E-state index >= 15 is 0 Å². The number of hydrogen-bond acceptors (Lipinski definition) is 3. The third-order valence-electron chi connectivity index (χ3n) is 1.30. The molecule has 0 atom stereocenters. The van der Waals surface area contributed by atoms with Crippen molar-refractivity contribution in [1.82, 2.24) is 0 Å². The smallest absolute Gasteiger partial charge is 0.391 e. The molecule has 0 aliphatic carbocycles. The Morgan fingerprint density at radius 2 is 1.83 bits per heavy atom. The molecule has 0 amide bonds. The van der Waals surface area contributed by atoms with Gasteiger partial charge in [-0.2, -0.15) is 0 Å². The molecule has 0 aliphatic rings. The maximum Gasteiger partial charge on any atom is 0.391 e. The monoisotopic (exact) mass is 188 g/mol. The van der Waals surface area contributed by atoms with Crippen LogP contribution in [0.3, 0.4) is 0 Å². The Bertz CT molecular complexity index is 196. The first-order valence-corrected chi connectivity index (χ1v) is 6.62. The molecule has 0 fully saturated rings. The van der Waals surface area contributed by atoms with Gasteiger partial charge in [0.25, 0.3) is 0 Å². The van der Waals surface area contributed by atoms with Gasteiger partial charge in [0.1, 0.15) is 0 Å². The second-order valence-electron chi connectivity index (χ2n) is 3.07. The zero-order valence-corrected chi connectivity index (χ0v) is 9.30. The molecular formula is C8H16O3Si. The van der Waals surface area contributed by atoms with Gasteiger partial charge < -0.3 is 8.85 Å². The topological polar surface area (TPSA) is 35.5 Å². The van der Waals surface area contributed by atoms with Crippen LogP contribution in [0.5, 0.6) is 0 Å². The van der Waals surface area contributed by atoms with Crippen LogP contribution < -0.4 is 0 Å². The lowest BCUT2D eigenvalue weighted by atomic mass is 10.4. The van der Waals surface area contributed by atoms with Crippen molar-refractivity contribution in [2.45, 2.75) is 26.9 Å². The quantitative estimate of drug-likeness (QED) is 0.384. The molecule has 0 saturated carbocycles. The van der Waals surface area contributed by atoms with Crippen molar-refractivity contribution in [3.63, 3.8) is 0 Å². The summed E-state index contributed by atoms with van der Waals surface area (Å²) in [6.45, 7) is 7.10. The van der Waals surface area contributed by atoms with Crippen molar-refractivity contribution in [3.05, 3.63) is 11.8 Å². The third-order valence-corrected chi connectivity index (χ3v) is 3.10. The normalized spacial score (nSPS) is 12.9. The van der Waals surface area contributed by atoms with E-state index in [0.29, 0.717) is 5.76 Å². The molecule has 12 heavy (non-hydrogen) atoms. The Hall–Kier alpha value is -0.613. The molecule has 0 aromatic heterocycles. The van der Waals surface area contributed by atoms with Gasteiger partial charge in [-0.1, -0.05) is 0 Å². The molecule has 0 heterocycles. The minimum absolute atomic E-state index is 0.00611. The third kappa shape index (κ3) is 5.09. The molecule has 3 nitrogen and oxygen atoms in total. The van der Waals surface area contributed by atoms with E-state index in [1.807, 2.05) is 13.1 Å². The van der Waals surface area contributed by atoms with Crippen molar-refractivity contribution in [2.75, 3.05) is 7.11 Å². The van der Waals surface area contributed by atoms with Gasteiger partial charge in [-0.25, -0.2) is 0 Å². The maximum absolute atomic E-state index is 10.6. The van der Waals surface area contributed by atoms with Gasteiger partial charge in [0.15, 0.2) is 5.78 Å². The fourth-order valence-corrected chi connectivity index (χ4v) is 1.66. The highest BCUT2D eigenvalue weighted by molar-refractivity contribution is 6.64. The maximum atomic E-state index is 10.6. The van der Waals surface area contributed by atoms with Crippen molar-refractivity contribution in [1.29, 1.82) is 0 Å². The van der Waals surface area contributed by atoms with E-state index in [4.69, 9.17) is 8.85 Å². The van der Waals surface area contributed by atoms with Crippen molar-refractivity contribution >= 4 is 14.3 Å². The van der Waals surface area contributed by atoms with Crippen LogP contribution in [-0.2, 0) is 13.6 Å². The largest absolute Gasteiger partial charge is 0.524 e. The second-order valence-corrected chi connectivity index (χ2v) is 6.48. The molecule has 4 heteroatoms. The van der Waals surface area contributed by atoms with Crippen LogP contribution in [-0.4, -0.2) is 21.5 Å². The van der Waals surface area contributed by atoms with Gasteiger partial charge in [0.05, 0.1) is 5.76 Å².